The van der Waals surface area contributed by atoms with Crippen LogP contribution in [0.15, 0.2) is 18.2 Å². The van der Waals surface area contributed by atoms with Crippen LogP contribution in [0.1, 0.15) is 5.56 Å². The molecule has 2 rings (SSSR count). The lowest BCUT2D eigenvalue weighted by Crippen LogP contribution is -2.50. The van der Waals surface area contributed by atoms with Crippen LogP contribution in [0, 0.1) is 17.6 Å². The SMILES string of the molecule is Cl.O=C(NCc1ccc(F)cc1F)C1CNC1. The Morgan fingerprint density at radius 1 is 1.41 bits per heavy atom. The Balaban J connectivity index is 0.00000144. The third kappa shape index (κ3) is 3.38. The molecule has 0 bridgehead atoms. The zero-order chi connectivity index (χ0) is 11.5. The van der Waals surface area contributed by atoms with E-state index in [1.54, 1.807) is 0 Å². The summed E-state index contributed by atoms with van der Waals surface area (Å²) in [6.07, 6.45) is 0. The minimum Gasteiger partial charge on any atom is -0.352 e. The number of hydrogen-bond acceptors (Lipinski definition) is 2. The monoisotopic (exact) mass is 262 g/mol. The molecule has 1 aliphatic heterocycles. The zero-order valence-corrected chi connectivity index (χ0v) is 9.82. The molecule has 0 aliphatic carbocycles. The van der Waals surface area contributed by atoms with Gasteiger partial charge in [0.05, 0.1) is 5.92 Å². The number of carbonyl (C=O) groups is 1. The molecule has 6 heteroatoms. The molecule has 17 heavy (non-hydrogen) atoms. The van der Waals surface area contributed by atoms with E-state index in [1.165, 1.54) is 12.1 Å². The van der Waals surface area contributed by atoms with Crippen molar-refractivity contribution in [3.05, 3.63) is 35.4 Å². The maximum atomic E-state index is 13.2. The van der Waals surface area contributed by atoms with Gasteiger partial charge >= 0.3 is 0 Å². The van der Waals surface area contributed by atoms with Crippen molar-refractivity contribution in [2.75, 3.05) is 13.1 Å². The van der Waals surface area contributed by atoms with Crippen LogP contribution in [0.2, 0.25) is 0 Å². The van der Waals surface area contributed by atoms with Crippen LogP contribution in [0.25, 0.3) is 0 Å². The van der Waals surface area contributed by atoms with Crippen molar-refractivity contribution in [2.45, 2.75) is 6.54 Å². The van der Waals surface area contributed by atoms with E-state index in [0.29, 0.717) is 18.7 Å². The van der Waals surface area contributed by atoms with Crippen molar-refractivity contribution >= 4 is 18.3 Å². The van der Waals surface area contributed by atoms with Gasteiger partial charge < -0.3 is 10.6 Å². The average Bonchev–Trinajstić information content (AvgIpc) is 2.13. The second kappa shape index (κ2) is 5.93. The molecule has 1 heterocycles. The summed E-state index contributed by atoms with van der Waals surface area (Å²) in [4.78, 5) is 11.4. The van der Waals surface area contributed by atoms with Crippen molar-refractivity contribution in [1.82, 2.24) is 10.6 Å². The van der Waals surface area contributed by atoms with Crippen molar-refractivity contribution < 1.29 is 13.6 Å². The third-order valence-corrected chi connectivity index (χ3v) is 2.62. The van der Waals surface area contributed by atoms with Gasteiger partial charge in [-0.15, -0.1) is 12.4 Å². The van der Waals surface area contributed by atoms with Crippen molar-refractivity contribution in [3.8, 4) is 0 Å². The largest absolute Gasteiger partial charge is 0.352 e. The molecule has 0 atom stereocenters. The lowest BCUT2D eigenvalue weighted by atomic mass is 10.0. The van der Waals surface area contributed by atoms with Gasteiger partial charge in [0.2, 0.25) is 5.91 Å². The molecule has 1 aromatic carbocycles. The molecule has 1 amide bonds. The third-order valence-electron chi connectivity index (χ3n) is 2.62. The van der Waals surface area contributed by atoms with E-state index in [-0.39, 0.29) is 30.8 Å². The zero-order valence-electron chi connectivity index (χ0n) is 9.00. The highest BCUT2D eigenvalue weighted by molar-refractivity contribution is 5.85. The molecule has 0 aromatic heterocycles. The quantitative estimate of drug-likeness (QED) is 0.860. The molecule has 3 nitrogen and oxygen atoms in total. The minimum atomic E-state index is -0.632. The fraction of sp³-hybridized carbons (Fsp3) is 0.364. The van der Waals surface area contributed by atoms with Crippen LogP contribution < -0.4 is 10.6 Å². The molecule has 94 valence electrons. The van der Waals surface area contributed by atoms with Crippen LogP contribution >= 0.6 is 12.4 Å². The first kappa shape index (κ1) is 13.9. The van der Waals surface area contributed by atoms with Crippen molar-refractivity contribution in [1.29, 1.82) is 0 Å². The molecule has 0 unspecified atom stereocenters. The number of benzene rings is 1. The molecule has 0 spiro atoms. The first-order valence-electron chi connectivity index (χ1n) is 5.09. The Labute approximate surface area is 104 Å². The smallest absolute Gasteiger partial charge is 0.225 e. The molecule has 1 saturated heterocycles. The van der Waals surface area contributed by atoms with Gasteiger partial charge in [-0.2, -0.15) is 0 Å². The molecule has 1 aromatic rings. The van der Waals surface area contributed by atoms with Crippen LogP contribution in [0.4, 0.5) is 8.78 Å². The summed E-state index contributed by atoms with van der Waals surface area (Å²) in [6, 6.07) is 3.33. The normalized spacial score (nSPS) is 14.7. The summed E-state index contributed by atoms with van der Waals surface area (Å²) in [6.45, 7) is 1.43. The van der Waals surface area contributed by atoms with Gasteiger partial charge in [-0.1, -0.05) is 6.07 Å². The number of carbonyl (C=O) groups excluding carboxylic acids is 1. The van der Waals surface area contributed by atoms with Crippen LogP contribution in [-0.4, -0.2) is 19.0 Å². The predicted octanol–water partition coefficient (Wildman–Crippen LogP) is 1.22. The Kier molecular flexibility index (Phi) is 4.84. The summed E-state index contributed by atoms with van der Waals surface area (Å²) in [5.74, 6) is -1.37. The first-order chi connectivity index (χ1) is 7.66. The van der Waals surface area contributed by atoms with Gasteiger partial charge in [0, 0.05) is 31.3 Å². The highest BCUT2D eigenvalue weighted by atomic mass is 35.5. The van der Waals surface area contributed by atoms with Gasteiger partial charge in [-0.25, -0.2) is 8.78 Å². The van der Waals surface area contributed by atoms with Gasteiger partial charge in [0.15, 0.2) is 0 Å². The number of amides is 1. The highest BCUT2D eigenvalue weighted by Gasteiger charge is 2.24. The number of rotatable bonds is 3. The predicted molar refractivity (Wildman–Crippen MR) is 61.8 cm³/mol. The second-order valence-electron chi connectivity index (χ2n) is 3.81. The van der Waals surface area contributed by atoms with E-state index in [0.717, 1.165) is 6.07 Å². The maximum Gasteiger partial charge on any atom is 0.225 e. The summed E-state index contributed by atoms with van der Waals surface area (Å²) in [5, 5.41) is 5.59. The topological polar surface area (TPSA) is 41.1 Å². The maximum absolute atomic E-state index is 13.2. The Morgan fingerprint density at radius 3 is 2.65 bits per heavy atom. The van der Waals surface area contributed by atoms with Crippen LogP contribution in [0.3, 0.4) is 0 Å². The van der Waals surface area contributed by atoms with Gasteiger partial charge in [-0.3, -0.25) is 4.79 Å². The molecule has 2 N–H and O–H groups in total. The number of hydrogen-bond donors (Lipinski definition) is 2. The molecule has 0 saturated carbocycles. The molecule has 0 radical (unpaired) electrons. The lowest BCUT2D eigenvalue weighted by molar-refractivity contribution is -0.126. The van der Waals surface area contributed by atoms with E-state index in [4.69, 9.17) is 0 Å². The highest BCUT2D eigenvalue weighted by Crippen LogP contribution is 2.10. The average molecular weight is 263 g/mol. The van der Waals surface area contributed by atoms with Crippen molar-refractivity contribution in [2.24, 2.45) is 5.92 Å². The first-order valence-corrected chi connectivity index (χ1v) is 5.09. The Bertz CT molecular complexity index is 410. The fourth-order valence-corrected chi connectivity index (χ4v) is 1.47. The van der Waals surface area contributed by atoms with Crippen LogP contribution in [-0.2, 0) is 11.3 Å². The molecular weight excluding hydrogens is 250 g/mol. The second-order valence-corrected chi connectivity index (χ2v) is 3.81. The summed E-state index contributed by atoms with van der Waals surface area (Å²) in [7, 11) is 0. The number of halogens is 3. The molecule has 1 fully saturated rings. The lowest BCUT2D eigenvalue weighted by Gasteiger charge is -2.25. The molecular formula is C11H13ClF2N2O. The summed E-state index contributed by atoms with van der Waals surface area (Å²) >= 11 is 0. The summed E-state index contributed by atoms with van der Waals surface area (Å²) < 4.78 is 25.8. The van der Waals surface area contributed by atoms with E-state index >= 15 is 0 Å². The van der Waals surface area contributed by atoms with E-state index in [9.17, 15) is 13.6 Å². The van der Waals surface area contributed by atoms with Gasteiger partial charge in [-0.05, 0) is 6.07 Å². The van der Waals surface area contributed by atoms with E-state index < -0.39 is 11.6 Å². The van der Waals surface area contributed by atoms with Gasteiger partial charge in [0.25, 0.3) is 0 Å². The van der Waals surface area contributed by atoms with E-state index in [2.05, 4.69) is 10.6 Å². The van der Waals surface area contributed by atoms with Gasteiger partial charge in [0.1, 0.15) is 11.6 Å². The fourth-order valence-electron chi connectivity index (χ4n) is 1.47. The van der Waals surface area contributed by atoms with Crippen molar-refractivity contribution in [3.63, 3.8) is 0 Å². The minimum absolute atomic E-state index is 0. The van der Waals surface area contributed by atoms with Crippen LogP contribution in [0.5, 0.6) is 0 Å². The standard InChI is InChI=1S/C11H12F2N2O.ClH/c12-9-2-1-7(10(13)3-9)6-15-11(16)8-4-14-5-8;/h1-3,8,14H,4-6H2,(H,15,16);1H. The molecule has 1 aliphatic rings. The Hall–Kier alpha value is -1.20. The summed E-state index contributed by atoms with van der Waals surface area (Å²) in [5.41, 5.74) is 0.294. The van der Waals surface area contributed by atoms with E-state index in [1.807, 2.05) is 0 Å². The Morgan fingerprint density at radius 2 is 2.12 bits per heavy atom. The number of nitrogens with one attached hydrogen (secondary N) is 2.